The van der Waals surface area contributed by atoms with Gasteiger partial charge in [0.15, 0.2) is 6.33 Å². The van der Waals surface area contributed by atoms with E-state index >= 15 is 0 Å². The molecule has 3 N–H and O–H groups in total. The van der Waals surface area contributed by atoms with Crippen LogP contribution in [0.2, 0.25) is 0 Å². The summed E-state index contributed by atoms with van der Waals surface area (Å²) >= 11 is 0. The summed E-state index contributed by atoms with van der Waals surface area (Å²) in [6.45, 7) is 1.74. The molecule has 25 heavy (non-hydrogen) atoms. The Morgan fingerprint density at radius 3 is 2.84 bits per heavy atom. The maximum Gasteiger partial charge on any atom is 0.408 e. The molecule has 0 saturated carbocycles. The highest BCUT2D eigenvalue weighted by Gasteiger charge is 2.62. The van der Waals surface area contributed by atoms with Crippen LogP contribution in [0.5, 0.6) is 0 Å². The number of nitrogens with zero attached hydrogens (tertiary/aromatic N) is 4. The van der Waals surface area contributed by atoms with Crippen molar-refractivity contribution in [1.82, 2.24) is 25.3 Å². The van der Waals surface area contributed by atoms with Crippen LogP contribution >= 0.6 is 0 Å². The van der Waals surface area contributed by atoms with E-state index in [-0.39, 0.29) is 25.5 Å². The molecule has 0 bridgehead atoms. The highest BCUT2D eigenvalue weighted by molar-refractivity contribution is 5.99. The van der Waals surface area contributed by atoms with E-state index in [2.05, 4.69) is 15.5 Å². The van der Waals surface area contributed by atoms with Gasteiger partial charge >= 0.3 is 6.09 Å². The van der Waals surface area contributed by atoms with Gasteiger partial charge in [-0.15, -0.1) is 0 Å². The minimum absolute atomic E-state index is 0.0313. The lowest BCUT2D eigenvalue weighted by molar-refractivity contribution is -0.171. The van der Waals surface area contributed by atoms with Crippen LogP contribution in [0.3, 0.4) is 0 Å². The smallest absolute Gasteiger partial charge is 0.408 e. The van der Waals surface area contributed by atoms with Crippen LogP contribution in [-0.4, -0.2) is 78.8 Å². The van der Waals surface area contributed by atoms with E-state index in [9.17, 15) is 24.6 Å². The fourth-order valence-corrected chi connectivity index (χ4v) is 3.53. The number of carboxylic acid groups (broad SMARTS) is 1. The Hall–Kier alpha value is -2.69. The number of amides is 3. The Morgan fingerprint density at radius 2 is 2.28 bits per heavy atom. The second kappa shape index (κ2) is 6.31. The van der Waals surface area contributed by atoms with Gasteiger partial charge in [-0.3, -0.25) is 14.5 Å². The fourth-order valence-electron chi connectivity index (χ4n) is 3.53. The van der Waals surface area contributed by atoms with E-state index in [4.69, 9.17) is 4.52 Å². The average Bonchev–Trinajstić information content (AvgIpc) is 3.22. The normalized spacial score (nSPS) is 25.0. The molecule has 0 aromatic carbocycles. The minimum Gasteiger partial charge on any atom is -0.465 e. The van der Waals surface area contributed by atoms with Gasteiger partial charge in [-0.05, 0) is 19.8 Å². The van der Waals surface area contributed by atoms with Gasteiger partial charge in [-0.1, -0.05) is 5.16 Å². The summed E-state index contributed by atoms with van der Waals surface area (Å²) in [4.78, 5) is 42.5. The highest BCUT2D eigenvalue weighted by Crippen LogP contribution is 2.40. The quantitative estimate of drug-likeness (QED) is 0.558. The minimum atomic E-state index is -1.15. The van der Waals surface area contributed by atoms with Crippen molar-refractivity contribution in [3.63, 3.8) is 0 Å². The van der Waals surface area contributed by atoms with Gasteiger partial charge in [0.25, 0.3) is 5.91 Å². The molecule has 1 aromatic rings. The van der Waals surface area contributed by atoms with Crippen molar-refractivity contribution < 1.29 is 29.1 Å². The van der Waals surface area contributed by atoms with Crippen molar-refractivity contribution in [3.05, 3.63) is 12.2 Å². The van der Waals surface area contributed by atoms with Crippen molar-refractivity contribution in [2.75, 3.05) is 13.1 Å². The van der Waals surface area contributed by atoms with Crippen molar-refractivity contribution in [1.29, 1.82) is 0 Å². The maximum absolute atomic E-state index is 12.7. The van der Waals surface area contributed by atoms with Crippen molar-refractivity contribution >= 4 is 17.9 Å². The van der Waals surface area contributed by atoms with Crippen molar-refractivity contribution in [2.24, 2.45) is 0 Å². The SMILES string of the molecule is C[C@@H](O)[C@@H](C(=O)NCc1ncno1)N1CC2(CCCN2C(=O)O)C1=O. The van der Waals surface area contributed by atoms with Crippen LogP contribution in [0.1, 0.15) is 25.7 Å². The number of nitrogens with one attached hydrogen (secondary N) is 1. The van der Waals surface area contributed by atoms with Gasteiger partial charge < -0.3 is 25.0 Å². The summed E-state index contributed by atoms with van der Waals surface area (Å²) in [5, 5.41) is 25.2. The van der Waals surface area contributed by atoms with Crippen LogP contribution in [0.15, 0.2) is 10.9 Å². The number of carbonyl (C=O) groups is 3. The third-order valence-corrected chi connectivity index (χ3v) is 4.69. The molecule has 0 radical (unpaired) electrons. The number of aromatic nitrogens is 2. The number of likely N-dealkylation sites (tertiary alicyclic amines) is 2. The standard InChI is InChI=1S/C14H19N5O6/c1-8(20)10(11(21)15-5-9-16-7-17-25-9)18-6-14(12(18)22)3-2-4-19(14)13(23)24/h7-8,10,20H,2-6H2,1H3,(H,15,21)(H,23,24)/t8-,10+,14?/m1/s1. The molecule has 11 nitrogen and oxygen atoms in total. The Labute approximate surface area is 142 Å². The van der Waals surface area contributed by atoms with Crippen LogP contribution < -0.4 is 5.32 Å². The molecule has 1 unspecified atom stereocenters. The van der Waals surface area contributed by atoms with Crippen LogP contribution in [0.4, 0.5) is 4.79 Å². The average molecular weight is 353 g/mol. The lowest BCUT2D eigenvalue weighted by atomic mass is 9.83. The summed E-state index contributed by atoms with van der Waals surface area (Å²) in [6.07, 6.45) is -0.0698. The van der Waals surface area contributed by atoms with Gasteiger partial charge in [-0.25, -0.2) is 4.79 Å². The molecular weight excluding hydrogens is 334 g/mol. The zero-order valence-corrected chi connectivity index (χ0v) is 13.6. The molecule has 3 atom stereocenters. The first-order valence-corrected chi connectivity index (χ1v) is 7.90. The van der Waals surface area contributed by atoms with Crippen LogP contribution in [0, 0.1) is 0 Å². The first-order valence-electron chi connectivity index (χ1n) is 7.90. The Kier molecular flexibility index (Phi) is 4.33. The molecule has 2 saturated heterocycles. The molecule has 2 fully saturated rings. The molecule has 3 rings (SSSR count). The van der Waals surface area contributed by atoms with E-state index < -0.39 is 35.6 Å². The Balaban J connectivity index is 1.69. The summed E-state index contributed by atoms with van der Waals surface area (Å²) in [6, 6.07) is -1.11. The molecule has 0 aliphatic carbocycles. The first kappa shape index (κ1) is 17.1. The number of hydrogen-bond acceptors (Lipinski definition) is 7. The first-order chi connectivity index (χ1) is 11.9. The summed E-state index contributed by atoms with van der Waals surface area (Å²) in [7, 11) is 0. The zero-order chi connectivity index (χ0) is 18.2. The molecule has 11 heteroatoms. The summed E-state index contributed by atoms with van der Waals surface area (Å²) in [5.74, 6) is -0.834. The van der Waals surface area contributed by atoms with Gasteiger partial charge in [-0.2, -0.15) is 4.98 Å². The van der Waals surface area contributed by atoms with Gasteiger partial charge in [0.1, 0.15) is 11.6 Å². The lowest BCUT2D eigenvalue weighted by Gasteiger charge is -2.52. The van der Waals surface area contributed by atoms with Crippen molar-refractivity contribution in [2.45, 2.75) is 44.0 Å². The third-order valence-electron chi connectivity index (χ3n) is 4.69. The molecule has 2 aliphatic heterocycles. The molecular formula is C14H19N5O6. The number of aliphatic hydroxyl groups is 1. The topological polar surface area (TPSA) is 149 Å². The molecule has 136 valence electrons. The summed E-state index contributed by atoms with van der Waals surface area (Å²) in [5.41, 5.74) is -1.11. The fraction of sp³-hybridized carbons (Fsp3) is 0.643. The van der Waals surface area contributed by atoms with E-state index in [0.717, 1.165) is 4.90 Å². The Morgan fingerprint density at radius 1 is 1.52 bits per heavy atom. The maximum atomic E-state index is 12.7. The zero-order valence-electron chi connectivity index (χ0n) is 13.6. The predicted octanol–water partition coefficient (Wildman–Crippen LogP) is -1.21. The summed E-state index contributed by atoms with van der Waals surface area (Å²) < 4.78 is 4.77. The number of hydrogen-bond donors (Lipinski definition) is 3. The second-order valence-corrected chi connectivity index (χ2v) is 6.24. The van der Waals surface area contributed by atoms with Gasteiger partial charge in [0.2, 0.25) is 11.8 Å². The van der Waals surface area contributed by atoms with E-state index in [0.29, 0.717) is 12.8 Å². The molecule has 1 spiro atoms. The molecule has 3 amide bonds. The number of carbonyl (C=O) groups excluding carboxylic acids is 2. The largest absolute Gasteiger partial charge is 0.465 e. The number of aliphatic hydroxyl groups excluding tert-OH is 1. The number of rotatable bonds is 5. The van der Waals surface area contributed by atoms with Crippen LogP contribution in [0.25, 0.3) is 0 Å². The highest BCUT2D eigenvalue weighted by atomic mass is 16.5. The monoisotopic (exact) mass is 353 g/mol. The van der Waals surface area contributed by atoms with Crippen LogP contribution in [-0.2, 0) is 16.1 Å². The number of β-lactam (4-membered cyclic amide) rings is 1. The van der Waals surface area contributed by atoms with E-state index in [1.807, 2.05) is 0 Å². The molecule has 2 aliphatic rings. The molecule has 1 aromatic heterocycles. The van der Waals surface area contributed by atoms with Crippen molar-refractivity contribution in [3.8, 4) is 0 Å². The predicted molar refractivity (Wildman–Crippen MR) is 80.0 cm³/mol. The lowest BCUT2D eigenvalue weighted by Crippen LogP contribution is -2.77. The van der Waals surface area contributed by atoms with E-state index in [1.165, 1.54) is 18.2 Å². The van der Waals surface area contributed by atoms with E-state index in [1.54, 1.807) is 0 Å². The molecule has 3 heterocycles. The van der Waals surface area contributed by atoms with Gasteiger partial charge in [0.05, 0.1) is 19.2 Å². The van der Waals surface area contributed by atoms with Gasteiger partial charge in [0, 0.05) is 6.54 Å². The second-order valence-electron chi connectivity index (χ2n) is 6.24. The Bertz CT molecular complexity index is 677. The third kappa shape index (κ3) is 2.80.